The number of anilines is 2. The number of morpholine rings is 1. The molecule has 0 spiro atoms. The third-order valence-electron chi connectivity index (χ3n) is 4.82. The van der Waals surface area contributed by atoms with E-state index in [2.05, 4.69) is 10.1 Å². The molecule has 1 atom stereocenters. The van der Waals surface area contributed by atoms with Crippen molar-refractivity contribution in [2.24, 2.45) is 0 Å². The topological polar surface area (TPSA) is 85.8 Å². The number of carbonyl (C=O) groups is 1. The van der Waals surface area contributed by atoms with Crippen LogP contribution in [-0.4, -0.2) is 38.8 Å². The molecule has 1 amide bonds. The zero-order chi connectivity index (χ0) is 19.3. The predicted octanol–water partition coefficient (Wildman–Crippen LogP) is 3.16. The molecule has 1 aromatic carbocycles. The lowest BCUT2D eigenvalue weighted by Crippen LogP contribution is -2.57. The van der Waals surface area contributed by atoms with E-state index in [4.69, 9.17) is 22.1 Å². The van der Waals surface area contributed by atoms with Crippen molar-refractivity contribution in [2.75, 3.05) is 17.2 Å². The molecule has 0 bridgehead atoms. The Morgan fingerprint density at radius 1 is 1.33 bits per heavy atom. The molecule has 7 nitrogen and oxygen atoms in total. The second-order valence-corrected chi connectivity index (χ2v) is 7.59. The lowest BCUT2D eigenvalue weighted by atomic mass is 10.0. The maximum absolute atomic E-state index is 12.9. The summed E-state index contributed by atoms with van der Waals surface area (Å²) in [6.07, 6.45) is 1.39. The first-order valence-electron chi connectivity index (χ1n) is 8.65. The van der Waals surface area contributed by atoms with E-state index in [1.54, 1.807) is 29.3 Å². The highest BCUT2D eigenvalue weighted by Gasteiger charge is 2.41. The second kappa shape index (κ2) is 6.21. The Bertz CT molecular complexity index is 1050. The first-order chi connectivity index (χ1) is 12.8. The van der Waals surface area contributed by atoms with Crippen LogP contribution < -0.4 is 10.6 Å². The summed E-state index contributed by atoms with van der Waals surface area (Å²) in [5.41, 5.74) is 8.10. The monoisotopic (exact) mass is 385 g/mol. The molecule has 4 rings (SSSR count). The van der Waals surface area contributed by atoms with Crippen molar-refractivity contribution in [1.29, 1.82) is 0 Å². The van der Waals surface area contributed by atoms with Gasteiger partial charge < -0.3 is 15.4 Å². The van der Waals surface area contributed by atoms with E-state index < -0.39 is 5.60 Å². The Hall–Kier alpha value is -2.64. The molecule has 1 saturated heterocycles. The fourth-order valence-electron chi connectivity index (χ4n) is 3.37. The number of hydrogen-bond donors (Lipinski definition) is 1. The van der Waals surface area contributed by atoms with Crippen LogP contribution in [0.1, 0.15) is 20.8 Å². The maximum atomic E-state index is 12.9. The van der Waals surface area contributed by atoms with Crippen LogP contribution in [-0.2, 0) is 9.53 Å². The Balaban J connectivity index is 1.83. The van der Waals surface area contributed by atoms with Crippen LogP contribution in [0.3, 0.4) is 0 Å². The smallest absolute Gasteiger partial charge is 0.258 e. The molecule has 8 heteroatoms. The van der Waals surface area contributed by atoms with Gasteiger partial charge in [0.25, 0.3) is 5.91 Å². The predicted molar refractivity (Wildman–Crippen MR) is 105 cm³/mol. The SMILES string of the molecule is CC1COC(C)(C)C(=O)N1c1cccc(-c2cc(Cl)c3c(N)ncnn23)c1. The average Bonchev–Trinajstić information content (AvgIpc) is 2.98. The second-order valence-electron chi connectivity index (χ2n) is 7.18. The number of aromatic nitrogens is 3. The van der Waals surface area contributed by atoms with Gasteiger partial charge in [-0.15, -0.1) is 0 Å². The molecular formula is C19H20ClN5O2. The lowest BCUT2D eigenvalue weighted by molar-refractivity contribution is -0.147. The number of halogens is 1. The number of fused-ring (bicyclic) bond motifs is 1. The van der Waals surface area contributed by atoms with Crippen LogP contribution in [0.15, 0.2) is 36.7 Å². The number of nitrogens with two attached hydrogens (primary N) is 1. The fraction of sp³-hybridized carbons (Fsp3) is 0.316. The summed E-state index contributed by atoms with van der Waals surface area (Å²) >= 11 is 6.34. The zero-order valence-corrected chi connectivity index (χ0v) is 16.1. The van der Waals surface area contributed by atoms with Gasteiger partial charge in [0.1, 0.15) is 17.4 Å². The average molecular weight is 386 g/mol. The minimum Gasteiger partial charge on any atom is -0.382 e. The molecule has 2 N–H and O–H groups in total. The van der Waals surface area contributed by atoms with Crippen molar-refractivity contribution >= 4 is 34.5 Å². The standard InChI is InChI=1S/C19H20ClN5O2/c1-11-9-27-19(2,3)18(26)24(11)13-6-4-5-12(7-13)15-8-14(20)16-17(21)22-10-23-25(15)16/h4-8,10-11H,9H2,1-3H3,(H2,21,22,23). The third kappa shape index (κ3) is 2.83. The van der Waals surface area contributed by atoms with Gasteiger partial charge in [-0.2, -0.15) is 5.10 Å². The highest BCUT2D eigenvalue weighted by Crippen LogP contribution is 2.34. The van der Waals surface area contributed by atoms with E-state index in [9.17, 15) is 4.79 Å². The van der Waals surface area contributed by atoms with Gasteiger partial charge in [0, 0.05) is 11.3 Å². The molecule has 0 radical (unpaired) electrons. The van der Waals surface area contributed by atoms with Gasteiger partial charge in [-0.25, -0.2) is 9.50 Å². The quantitative estimate of drug-likeness (QED) is 0.732. The van der Waals surface area contributed by atoms with Crippen molar-refractivity contribution in [3.05, 3.63) is 41.7 Å². The minimum absolute atomic E-state index is 0.0635. The molecule has 1 unspecified atom stereocenters. The van der Waals surface area contributed by atoms with Crippen molar-refractivity contribution in [2.45, 2.75) is 32.4 Å². The molecule has 0 aliphatic carbocycles. The highest BCUT2D eigenvalue weighted by molar-refractivity contribution is 6.35. The number of nitrogens with zero attached hydrogens (tertiary/aromatic N) is 4. The Morgan fingerprint density at radius 2 is 2.11 bits per heavy atom. The van der Waals surface area contributed by atoms with Crippen molar-refractivity contribution in [3.8, 4) is 11.3 Å². The summed E-state index contributed by atoms with van der Waals surface area (Å²) in [5, 5.41) is 4.75. The molecule has 1 aliphatic rings. The van der Waals surface area contributed by atoms with E-state index in [1.165, 1.54) is 6.33 Å². The van der Waals surface area contributed by atoms with E-state index in [-0.39, 0.29) is 11.9 Å². The number of benzene rings is 1. The van der Waals surface area contributed by atoms with Gasteiger partial charge in [-0.3, -0.25) is 4.79 Å². The van der Waals surface area contributed by atoms with Crippen LogP contribution in [0.4, 0.5) is 11.5 Å². The summed E-state index contributed by atoms with van der Waals surface area (Å²) in [5.74, 6) is 0.249. The molecule has 3 heterocycles. The summed E-state index contributed by atoms with van der Waals surface area (Å²) in [7, 11) is 0. The van der Waals surface area contributed by atoms with E-state index in [0.29, 0.717) is 23.0 Å². The van der Waals surface area contributed by atoms with E-state index in [0.717, 1.165) is 16.9 Å². The van der Waals surface area contributed by atoms with Crippen LogP contribution >= 0.6 is 11.6 Å². The number of carbonyl (C=O) groups excluding carboxylic acids is 1. The number of amides is 1. The van der Waals surface area contributed by atoms with Gasteiger partial charge in [0.2, 0.25) is 0 Å². The number of hydrogen-bond acceptors (Lipinski definition) is 5. The Morgan fingerprint density at radius 3 is 2.89 bits per heavy atom. The van der Waals surface area contributed by atoms with Crippen LogP contribution in [0.2, 0.25) is 5.02 Å². The van der Waals surface area contributed by atoms with E-state index in [1.807, 2.05) is 31.2 Å². The van der Waals surface area contributed by atoms with Gasteiger partial charge in [-0.1, -0.05) is 23.7 Å². The van der Waals surface area contributed by atoms with Crippen LogP contribution in [0.5, 0.6) is 0 Å². The molecule has 2 aromatic heterocycles. The van der Waals surface area contributed by atoms with Crippen molar-refractivity contribution in [1.82, 2.24) is 14.6 Å². The Labute approximate surface area is 161 Å². The van der Waals surface area contributed by atoms with E-state index >= 15 is 0 Å². The summed E-state index contributed by atoms with van der Waals surface area (Å²) in [4.78, 5) is 18.7. The lowest BCUT2D eigenvalue weighted by Gasteiger charge is -2.41. The molecule has 3 aromatic rings. The largest absolute Gasteiger partial charge is 0.382 e. The molecular weight excluding hydrogens is 366 g/mol. The number of ether oxygens (including phenoxy) is 1. The summed E-state index contributed by atoms with van der Waals surface area (Å²) in [6, 6.07) is 9.46. The van der Waals surface area contributed by atoms with Gasteiger partial charge >= 0.3 is 0 Å². The number of rotatable bonds is 2. The molecule has 140 valence electrons. The zero-order valence-electron chi connectivity index (χ0n) is 15.3. The first kappa shape index (κ1) is 17.8. The van der Waals surface area contributed by atoms with Gasteiger partial charge in [-0.05, 0) is 39.0 Å². The normalized spacial score (nSPS) is 19.6. The summed E-state index contributed by atoms with van der Waals surface area (Å²) < 4.78 is 7.35. The molecule has 1 aliphatic heterocycles. The Kier molecular flexibility index (Phi) is 4.09. The molecule has 1 fully saturated rings. The third-order valence-corrected chi connectivity index (χ3v) is 5.10. The highest BCUT2D eigenvalue weighted by atomic mass is 35.5. The molecule has 27 heavy (non-hydrogen) atoms. The minimum atomic E-state index is -0.852. The first-order valence-corrected chi connectivity index (χ1v) is 9.03. The number of nitrogen functional groups attached to an aromatic ring is 1. The van der Waals surface area contributed by atoms with Crippen LogP contribution in [0, 0.1) is 0 Å². The van der Waals surface area contributed by atoms with Crippen molar-refractivity contribution in [3.63, 3.8) is 0 Å². The van der Waals surface area contributed by atoms with Gasteiger partial charge in [0.05, 0.1) is 23.4 Å². The van der Waals surface area contributed by atoms with Crippen molar-refractivity contribution < 1.29 is 9.53 Å². The van der Waals surface area contributed by atoms with Crippen LogP contribution in [0.25, 0.3) is 16.8 Å². The van der Waals surface area contributed by atoms with Gasteiger partial charge in [0.15, 0.2) is 5.82 Å². The molecule has 0 saturated carbocycles. The fourth-order valence-corrected chi connectivity index (χ4v) is 3.65. The summed E-state index contributed by atoms with van der Waals surface area (Å²) in [6.45, 7) is 6.03. The maximum Gasteiger partial charge on any atom is 0.258 e.